The number of carbonyl (C=O) groups is 1. The van der Waals surface area contributed by atoms with Crippen LogP contribution in [0.5, 0.6) is 0 Å². The predicted molar refractivity (Wildman–Crippen MR) is 93.4 cm³/mol. The van der Waals surface area contributed by atoms with Crippen LogP contribution in [-0.2, 0) is 6.54 Å². The van der Waals surface area contributed by atoms with Crippen molar-refractivity contribution in [3.8, 4) is 0 Å². The first-order valence-electron chi connectivity index (χ1n) is 7.68. The minimum Gasteiger partial charge on any atom is -0.478 e. The van der Waals surface area contributed by atoms with E-state index in [9.17, 15) is 4.79 Å². The highest BCUT2D eigenvalue weighted by Gasteiger charge is 2.10. The highest BCUT2D eigenvalue weighted by Crippen LogP contribution is 2.17. The Morgan fingerprint density at radius 1 is 1.35 bits per heavy atom. The summed E-state index contributed by atoms with van der Waals surface area (Å²) in [6.45, 7) is 9.51. The third-order valence-corrected chi connectivity index (χ3v) is 3.71. The van der Waals surface area contributed by atoms with Crippen molar-refractivity contribution >= 4 is 17.9 Å². The van der Waals surface area contributed by atoms with Gasteiger partial charge in [0.1, 0.15) is 0 Å². The van der Waals surface area contributed by atoms with Crippen molar-refractivity contribution in [2.24, 2.45) is 11.0 Å². The van der Waals surface area contributed by atoms with Gasteiger partial charge in [0.05, 0.1) is 17.5 Å². The van der Waals surface area contributed by atoms with Crippen LogP contribution in [-0.4, -0.2) is 21.9 Å². The first kappa shape index (κ1) is 16.8. The molecule has 0 bridgehead atoms. The van der Waals surface area contributed by atoms with Gasteiger partial charge in [-0.25, -0.2) is 4.79 Å². The van der Waals surface area contributed by atoms with Crippen LogP contribution in [0.2, 0.25) is 0 Å². The second kappa shape index (κ2) is 7.13. The lowest BCUT2D eigenvalue weighted by atomic mass is 10.2. The van der Waals surface area contributed by atoms with Crippen LogP contribution in [0, 0.1) is 19.8 Å². The summed E-state index contributed by atoms with van der Waals surface area (Å²) >= 11 is 0. The van der Waals surface area contributed by atoms with Gasteiger partial charge in [-0.1, -0.05) is 26.0 Å². The van der Waals surface area contributed by atoms with Crippen LogP contribution < -0.4 is 5.43 Å². The van der Waals surface area contributed by atoms with Gasteiger partial charge < -0.3 is 9.67 Å². The van der Waals surface area contributed by atoms with E-state index in [1.807, 2.05) is 0 Å². The molecule has 0 aliphatic carbocycles. The number of rotatable bonds is 6. The highest BCUT2D eigenvalue weighted by atomic mass is 16.4. The Morgan fingerprint density at radius 2 is 2.04 bits per heavy atom. The van der Waals surface area contributed by atoms with Gasteiger partial charge in [0.25, 0.3) is 0 Å². The molecule has 0 saturated heterocycles. The van der Waals surface area contributed by atoms with Gasteiger partial charge in [-0.15, -0.1) is 0 Å². The van der Waals surface area contributed by atoms with Gasteiger partial charge in [0.2, 0.25) is 0 Å². The number of nitrogens with one attached hydrogen (secondary N) is 1. The Bertz CT molecular complexity index is 730. The van der Waals surface area contributed by atoms with Crippen LogP contribution in [0.1, 0.15) is 41.2 Å². The Morgan fingerprint density at radius 3 is 2.70 bits per heavy atom. The summed E-state index contributed by atoms with van der Waals surface area (Å²) in [6, 6.07) is 8.81. The average Bonchev–Trinajstić information content (AvgIpc) is 2.75. The van der Waals surface area contributed by atoms with Crippen LogP contribution in [0.3, 0.4) is 0 Å². The summed E-state index contributed by atoms with van der Waals surface area (Å²) in [5.74, 6) is -0.399. The molecule has 1 aromatic carbocycles. The molecule has 0 spiro atoms. The van der Waals surface area contributed by atoms with Crippen molar-refractivity contribution in [2.75, 3.05) is 5.43 Å². The van der Waals surface area contributed by atoms with Gasteiger partial charge >= 0.3 is 5.97 Å². The van der Waals surface area contributed by atoms with Gasteiger partial charge in [-0.3, -0.25) is 5.43 Å². The van der Waals surface area contributed by atoms with Crippen molar-refractivity contribution in [3.05, 3.63) is 52.8 Å². The molecule has 0 unspecified atom stereocenters. The minimum absolute atomic E-state index is 0.204. The summed E-state index contributed by atoms with van der Waals surface area (Å²) in [7, 11) is 0. The number of para-hydroxylation sites is 1. The zero-order valence-electron chi connectivity index (χ0n) is 14.0. The molecule has 0 aliphatic rings. The maximum absolute atomic E-state index is 11.2. The fraction of sp³-hybridized carbons (Fsp3) is 0.333. The zero-order valence-corrected chi connectivity index (χ0v) is 14.0. The van der Waals surface area contributed by atoms with E-state index in [0.717, 1.165) is 17.8 Å². The molecule has 0 fully saturated rings. The topological polar surface area (TPSA) is 66.6 Å². The number of hydrogen-bond acceptors (Lipinski definition) is 3. The number of benzene rings is 1. The maximum atomic E-state index is 11.2. The Balaban J connectivity index is 2.17. The van der Waals surface area contributed by atoms with Crippen LogP contribution in [0.4, 0.5) is 5.69 Å². The van der Waals surface area contributed by atoms with Crippen molar-refractivity contribution in [1.82, 2.24) is 4.57 Å². The molecule has 122 valence electrons. The lowest BCUT2D eigenvalue weighted by Gasteiger charge is -2.11. The molecule has 1 heterocycles. The molecule has 0 saturated carbocycles. The molecule has 2 aromatic rings. The van der Waals surface area contributed by atoms with Gasteiger partial charge in [0.15, 0.2) is 0 Å². The van der Waals surface area contributed by atoms with Gasteiger partial charge in [-0.05, 0) is 38.0 Å². The number of aromatic carboxylic acids is 1. The lowest BCUT2D eigenvalue weighted by molar-refractivity contribution is 0.0698. The largest absolute Gasteiger partial charge is 0.478 e. The number of hydrogen-bond donors (Lipinski definition) is 2. The molecular weight excluding hydrogens is 290 g/mol. The SMILES string of the molecule is Cc1cc(/C=N/Nc2ccccc2C(=O)O)c(C)n1CC(C)C. The molecule has 0 radical (unpaired) electrons. The number of anilines is 1. The third-order valence-electron chi connectivity index (χ3n) is 3.71. The molecule has 1 aromatic heterocycles. The number of aryl methyl sites for hydroxylation is 1. The fourth-order valence-corrected chi connectivity index (χ4v) is 2.54. The standard InChI is InChI=1S/C18H23N3O2/c1-12(2)11-21-13(3)9-15(14(21)4)10-19-20-17-8-6-5-7-16(17)18(22)23/h5-10,12,20H,11H2,1-4H3,(H,22,23)/b19-10+. The number of carboxylic acid groups (broad SMARTS) is 1. The van der Waals surface area contributed by atoms with Crippen LogP contribution in [0.25, 0.3) is 0 Å². The Kier molecular flexibility index (Phi) is 5.21. The van der Waals surface area contributed by atoms with Gasteiger partial charge in [0, 0.05) is 23.5 Å². The van der Waals surface area contributed by atoms with E-state index < -0.39 is 5.97 Å². The van der Waals surface area contributed by atoms with E-state index in [2.05, 4.69) is 48.9 Å². The van der Waals surface area contributed by atoms with E-state index in [-0.39, 0.29) is 5.56 Å². The zero-order chi connectivity index (χ0) is 17.0. The molecule has 2 N–H and O–H groups in total. The lowest BCUT2D eigenvalue weighted by Crippen LogP contribution is -2.08. The Hall–Kier alpha value is -2.56. The summed E-state index contributed by atoms with van der Waals surface area (Å²) in [5.41, 5.74) is 6.89. The first-order chi connectivity index (χ1) is 10.9. The van der Waals surface area contributed by atoms with Crippen LogP contribution in [0.15, 0.2) is 35.4 Å². The molecule has 23 heavy (non-hydrogen) atoms. The summed E-state index contributed by atoms with van der Waals surface area (Å²) in [6.07, 6.45) is 1.73. The summed E-state index contributed by atoms with van der Waals surface area (Å²) in [5, 5.41) is 13.4. The quantitative estimate of drug-likeness (QED) is 0.628. The maximum Gasteiger partial charge on any atom is 0.337 e. The summed E-state index contributed by atoms with van der Waals surface area (Å²) in [4.78, 5) is 11.2. The van der Waals surface area contributed by atoms with E-state index in [1.54, 1.807) is 30.5 Å². The third kappa shape index (κ3) is 4.00. The monoisotopic (exact) mass is 313 g/mol. The molecule has 0 aliphatic heterocycles. The first-order valence-corrected chi connectivity index (χ1v) is 7.68. The molecular formula is C18H23N3O2. The number of carboxylic acids is 1. The fourth-order valence-electron chi connectivity index (χ4n) is 2.54. The van der Waals surface area contributed by atoms with E-state index in [1.165, 1.54) is 5.69 Å². The molecule has 0 atom stereocenters. The number of nitrogens with zero attached hydrogens (tertiary/aromatic N) is 2. The van der Waals surface area contributed by atoms with Crippen molar-refractivity contribution in [2.45, 2.75) is 34.2 Å². The Labute approximate surface area is 136 Å². The van der Waals surface area contributed by atoms with E-state index in [0.29, 0.717) is 11.6 Å². The molecule has 5 heteroatoms. The summed E-state index contributed by atoms with van der Waals surface area (Å²) < 4.78 is 2.28. The molecule has 2 rings (SSSR count). The van der Waals surface area contributed by atoms with Gasteiger partial charge in [-0.2, -0.15) is 5.10 Å². The minimum atomic E-state index is -0.974. The number of aromatic nitrogens is 1. The normalized spacial score (nSPS) is 11.3. The van der Waals surface area contributed by atoms with Crippen LogP contribution >= 0.6 is 0 Å². The van der Waals surface area contributed by atoms with Crippen molar-refractivity contribution < 1.29 is 9.90 Å². The average molecular weight is 313 g/mol. The molecule has 0 amide bonds. The van der Waals surface area contributed by atoms with Crippen molar-refractivity contribution in [3.63, 3.8) is 0 Å². The number of hydrazone groups is 1. The smallest absolute Gasteiger partial charge is 0.337 e. The van der Waals surface area contributed by atoms with E-state index >= 15 is 0 Å². The highest BCUT2D eigenvalue weighted by molar-refractivity contribution is 5.94. The molecule has 5 nitrogen and oxygen atoms in total. The second-order valence-electron chi connectivity index (χ2n) is 6.05. The predicted octanol–water partition coefficient (Wildman–Crippen LogP) is 3.91. The second-order valence-corrected chi connectivity index (χ2v) is 6.05. The van der Waals surface area contributed by atoms with E-state index in [4.69, 9.17) is 5.11 Å². The van der Waals surface area contributed by atoms with Crippen molar-refractivity contribution in [1.29, 1.82) is 0 Å².